The van der Waals surface area contributed by atoms with Gasteiger partial charge < -0.3 is 5.73 Å². The van der Waals surface area contributed by atoms with Crippen molar-refractivity contribution in [3.05, 3.63) is 37.0 Å². The number of hydrogen-bond acceptors (Lipinski definition) is 4. The number of halogens is 3. The second kappa shape index (κ2) is 5.72. The van der Waals surface area contributed by atoms with E-state index in [9.17, 15) is 8.42 Å². The third-order valence-corrected chi connectivity index (χ3v) is 6.62. The summed E-state index contributed by atoms with van der Waals surface area (Å²) in [5.74, 6) is 0. The minimum Gasteiger partial charge on any atom is -0.398 e. The van der Waals surface area contributed by atoms with E-state index in [1.807, 2.05) is 0 Å². The molecule has 102 valence electrons. The molecule has 1 aromatic carbocycles. The molecule has 0 saturated heterocycles. The number of anilines is 2. The maximum Gasteiger partial charge on any atom is 0.271 e. The van der Waals surface area contributed by atoms with E-state index in [2.05, 4.69) is 52.5 Å². The Morgan fingerprint density at radius 1 is 1.11 bits per heavy atom. The third-order valence-electron chi connectivity index (χ3n) is 2.10. The predicted molar refractivity (Wildman–Crippen MR) is 89.1 cm³/mol. The summed E-state index contributed by atoms with van der Waals surface area (Å²) >= 11 is 11.0. The van der Waals surface area contributed by atoms with Crippen LogP contribution < -0.4 is 10.5 Å². The van der Waals surface area contributed by atoms with Gasteiger partial charge in [0.15, 0.2) is 0 Å². The van der Waals surface area contributed by atoms with Gasteiger partial charge in [-0.2, -0.15) is 0 Å². The summed E-state index contributed by atoms with van der Waals surface area (Å²) in [5, 5.41) is 1.58. The van der Waals surface area contributed by atoms with E-state index in [0.29, 0.717) is 20.3 Å². The Kier molecular flexibility index (Phi) is 4.61. The summed E-state index contributed by atoms with van der Waals surface area (Å²) in [4.78, 5) is 0. The maximum absolute atomic E-state index is 12.2. The van der Waals surface area contributed by atoms with Gasteiger partial charge in [-0.25, -0.2) is 8.42 Å². The first-order valence-electron chi connectivity index (χ1n) is 4.81. The molecule has 0 fully saturated rings. The summed E-state index contributed by atoms with van der Waals surface area (Å²) in [6, 6.07) is 4.93. The summed E-state index contributed by atoms with van der Waals surface area (Å²) in [6.45, 7) is 0. The number of thiophene rings is 1. The lowest BCUT2D eigenvalue weighted by Crippen LogP contribution is -2.12. The number of rotatable bonds is 3. The smallest absolute Gasteiger partial charge is 0.271 e. The maximum atomic E-state index is 12.2. The van der Waals surface area contributed by atoms with Gasteiger partial charge in [-0.15, -0.1) is 11.3 Å². The van der Waals surface area contributed by atoms with Crippen molar-refractivity contribution in [1.29, 1.82) is 0 Å². The normalized spacial score (nSPS) is 11.5. The molecule has 1 heterocycles. The second-order valence-electron chi connectivity index (χ2n) is 3.55. The van der Waals surface area contributed by atoms with Crippen molar-refractivity contribution in [3.8, 4) is 0 Å². The van der Waals surface area contributed by atoms with Crippen LogP contribution in [0.2, 0.25) is 0 Å². The number of hydrogen-bond donors (Lipinski definition) is 2. The van der Waals surface area contributed by atoms with Crippen molar-refractivity contribution >= 4 is 80.5 Å². The number of nitrogen functional groups attached to an aromatic ring is 1. The lowest BCUT2D eigenvalue weighted by Gasteiger charge is -2.11. The van der Waals surface area contributed by atoms with Crippen molar-refractivity contribution in [2.75, 3.05) is 10.5 Å². The molecule has 2 rings (SSSR count). The van der Waals surface area contributed by atoms with Crippen molar-refractivity contribution in [3.63, 3.8) is 0 Å². The van der Waals surface area contributed by atoms with Gasteiger partial charge in [-0.05, 0) is 50.1 Å². The van der Waals surface area contributed by atoms with Gasteiger partial charge in [0.2, 0.25) is 0 Å². The highest BCUT2D eigenvalue weighted by Crippen LogP contribution is 2.36. The SMILES string of the molecule is Nc1csc(S(=O)(=O)Nc2c(Br)cc(Br)cc2Br)c1. The standard InChI is InChI=1S/C10H7Br3N2O2S2/c11-5-1-7(12)10(8(13)2-5)15-19(16,17)9-3-6(14)4-18-9/h1-4,15H,14H2. The molecular weight excluding hydrogens is 484 g/mol. The first kappa shape index (κ1) is 15.3. The molecule has 0 saturated carbocycles. The Bertz CT molecular complexity index is 705. The Balaban J connectivity index is 2.41. The van der Waals surface area contributed by atoms with E-state index in [1.165, 1.54) is 6.07 Å². The Morgan fingerprint density at radius 2 is 1.68 bits per heavy atom. The Morgan fingerprint density at radius 3 is 2.16 bits per heavy atom. The molecule has 4 nitrogen and oxygen atoms in total. The van der Waals surface area contributed by atoms with Crippen LogP contribution in [0.25, 0.3) is 0 Å². The van der Waals surface area contributed by atoms with Crippen molar-refractivity contribution in [2.45, 2.75) is 4.21 Å². The summed E-state index contributed by atoms with van der Waals surface area (Å²) in [5.41, 5.74) is 6.41. The van der Waals surface area contributed by atoms with Crippen LogP contribution in [0.1, 0.15) is 0 Å². The molecule has 0 aliphatic carbocycles. The highest BCUT2D eigenvalue weighted by Gasteiger charge is 2.19. The van der Waals surface area contributed by atoms with Gasteiger partial charge in [-0.1, -0.05) is 15.9 Å². The van der Waals surface area contributed by atoms with E-state index in [-0.39, 0.29) is 4.21 Å². The minimum atomic E-state index is -3.64. The fourth-order valence-electron chi connectivity index (χ4n) is 1.30. The largest absolute Gasteiger partial charge is 0.398 e. The fourth-order valence-corrected chi connectivity index (χ4v) is 6.20. The van der Waals surface area contributed by atoms with Gasteiger partial charge in [0.05, 0.1) is 5.69 Å². The molecular formula is C10H7Br3N2O2S2. The molecule has 2 aromatic rings. The molecule has 0 spiro atoms. The van der Waals surface area contributed by atoms with Gasteiger partial charge >= 0.3 is 0 Å². The molecule has 0 unspecified atom stereocenters. The summed E-state index contributed by atoms with van der Waals surface area (Å²) in [6.07, 6.45) is 0. The van der Waals surface area contributed by atoms with Crippen LogP contribution in [0.4, 0.5) is 11.4 Å². The number of sulfonamides is 1. The van der Waals surface area contributed by atoms with E-state index < -0.39 is 10.0 Å². The van der Waals surface area contributed by atoms with E-state index in [0.717, 1.165) is 15.8 Å². The summed E-state index contributed by atoms with van der Waals surface area (Å²) < 4.78 is 29.2. The zero-order valence-electron chi connectivity index (χ0n) is 9.15. The van der Waals surface area contributed by atoms with Crippen molar-refractivity contribution in [1.82, 2.24) is 0 Å². The third kappa shape index (κ3) is 3.52. The Labute approximate surface area is 139 Å². The zero-order valence-corrected chi connectivity index (χ0v) is 15.5. The van der Waals surface area contributed by atoms with Crippen LogP contribution >= 0.6 is 59.1 Å². The average Bonchev–Trinajstić information content (AvgIpc) is 2.71. The van der Waals surface area contributed by atoms with Crippen LogP contribution in [0.15, 0.2) is 41.2 Å². The lowest BCUT2D eigenvalue weighted by atomic mass is 10.3. The minimum absolute atomic E-state index is 0.173. The lowest BCUT2D eigenvalue weighted by molar-refractivity contribution is 0.603. The molecule has 1 aromatic heterocycles. The van der Waals surface area contributed by atoms with E-state index in [4.69, 9.17) is 5.73 Å². The van der Waals surface area contributed by atoms with Gasteiger partial charge in [-0.3, -0.25) is 4.72 Å². The van der Waals surface area contributed by atoms with Gasteiger partial charge in [0, 0.05) is 24.5 Å². The molecule has 0 atom stereocenters. The first-order chi connectivity index (χ1) is 8.79. The number of nitrogens with one attached hydrogen (secondary N) is 1. The molecule has 0 amide bonds. The zero-order chi connectivity index (χ0) is 14.2. The van der Waals surface area contributed by atoms with E-state index in [1.54, 1.807) is 17.5 Å². The van der Waals surface area contributed by atoms with Crippen LogP contribution in [-0.2, 0) is 10.0 Å². The Hall–Kier alpha value is -0.0900. The second-order valence-corrected chi connectivity index (χ2v) is 8.99. The monoisotopic (exact) mass is 488 g/mol. The highest BCUT2D eigenvalue weighted by molar-refractivity contribution is 9.11. The van der Waals surface area contributed by atoms with Gasteiger partial charge in [0.1, 0.15) is 4.21 Å². The van der Waals surface area contributed by atoms with Crippen LogP contribution in [0.5, 0.6) is 0 Å². The van der Waals surface area contributed by atoms with Crippen molar-refractivity contribution < 1.29 is 8.42 Å². The molecule has 3 N–H and O–H groups in total. The molecule has 19 heavy (non-hydrogen) atoms. The van der Waals surface area contributed by atoms with Crippen LogP contribution in [0.3, 0.4) is 0 Å². The topological polar surface area (TPSA) is 72.2 Å². The van der Waals surface area contributed by atoms with Gasteiger partial charge in [0.25, 0.3) is 10.0 Å². The average molecular weight is 491 g/mol. The molecule has 0 aliphatic rings. The summed E-state index contributed by atoms with van der Waals surface area (Å²) in [7, 11) is -3.64. The fraction of sp³-hybridized carbons (Fsp3) is 0. The van der Waals surface area contributed by atoms with Crippen LogP contribution in [0, 0.1) is 0 Å². The van der Waals surface area contributed by atoms with Crippen molar-refractivity contribution in [2.24, 2.45) is 0 Å². The molecule has 0 bridgehead atoms. The quantitative estimate of drug-likeness (QED) is 0.669. The van der Waals surface area contributed by atoms with Crippen LogP contribution in [-0.4, -0.2) is 8.42 Å². The first-order valence-corrected chi connectivity index (χ1v) is 9.55. The molecule has 0 radical (unpaired) electrons. The molecule has 0 aliphatic heterocycles. The predicted octanol–water partition coefficient (Wildman–Crippen LogP) is 4.42. The number of benzene rings is 1. The highest BCUT2D eigenvalue weighted by atomic mass is 79.9. The van der Waals surface area contributed by atoms with E-state index >= 15 is 0 Å². The molecule has 9 heteroatoms. The number of nitrogens with two attached hydrogens (primary N) is 1.